The van der Waals surface area contributed by atoms with Gasteiger partial charge in [0.1, 0.15) is 0 Å². The summed E-state index contributed by atoms with van der Waals surface area (Å²) in [6, 6.07) is 9.90. The molecule has 0 radical (unpaired) electrons. The quantitative estimate of drug-likeness (QED) is 0.0448. The average Bonchev–Trinajstić information content (AvgIpc) is 3.03. The van der Waals surface area contributed by atoms with Crippen LogP contribution in [0.3, 0.4) is 0 Å². The minimum atomic E-state index is -2.63. The molecule has 1 fully saturated rings. The van der Waals surface area contributed by atoms with Gasteiger partial charge in [0.05, 0.1) is 41.7 Å². The molecule has 0 saturated carbocycles. The van der Waals surface area contributed by atoms with Crippen molar-refractivity contribution in [3.63, 3.8) is 0 Å². The monoisotopic (exact) mass is 678 g/mol. The van der Waals surface area contributed by atoms with E-state index in [1.807, 2.05) is 27.7 Å². The standard InChI is InChI=1S/C33H50N2O11Si/c1-5-33(24-41-25-33)26-43-32-17-15-28(23-30(32)35(38)39)27-14-16-31(29(22-27)34(36)37)42-20-12-10-9-11-18-40-19-13-21-47(44-6-2,45-7-3)46-8-4/h14-17,22-23H,5-13,18-21,24-26H2,1-4H3. The van der Waals surface area contributed by atoms with Crippen molar-refractivity contribution in [1.82, 2.24) is 0 Å². The van der Waals surface area contributed by atoms with Crippen molar-refractivity contribution in [1.29, 1.82) is 0 Å². The lowest BCUT2D eigenvalue weighted by Crippen LogP contribution is -2.46. The molecule has 2 aromatic carbocycles. The Morgan fingerprint density at radius 2 is 1.23 bits per heavy atom. The minimum Gasteiger partial charge on any atom is -0.487 e. The summed E-state index contributed by atoms with van der Waals surface area (Å²) in [5.41, 5.74) is 0.413. The molecule has 262 valence electrons. The molecule has 0 atom stereocenters. The van der Waals surface area contributed by atoms with Crippen LogP contribution in [0.15, 0.2) is 36.4 Å². The number of rotatable bonds is 25. The van der Waals surface area contributed by atoms with Gasteiger partial charge in [-0.25, -0.2) is 0 Å². The van der Waals surface area contributed by atoms with Crippen LogP contribution in [0.5, 0.6) is 11.5 Å². The number of hydrogen-bond acceptors (Lipinski definition) is 11. The van der Waals surface area contributed by atoms with Crippen LogP contribution < -0.4 is 9.47 Å². The van der Waals surface area contributed by atoms with Crippen molar-refractivity contribution < 1.29 is 42.1 Å². The normalized spacial score (nSPS) is 14.0. The van der Waals surface area contributed by atoms with Crippen LogP contribution in [0, 0.1) is 25.6 Å². The lowest BCUT2D eigenvalue weighted by Gasteiger charge is -2.40. The Bertz CT molecular complexity index is 1250. The third kappa shape index (κ3) is 11.5. The lowest BCUT2D eigenvalue weighted by molar-refractivity contribution is -0.386. The largest absolute Gasteiger partial charge is 0.501 e. The Labute approximate surface area is 278 Å². The highest BCUT2D eigenvalue weighted by atomic mass is 28.4. The maximum absolute atomic E-state index is 11.9. The molecule has 14 heteroatoms. The van der Waals surface area contributed by atoms with Gasteiger partial charge in [-0.1, -0.05) is 25.5 Å². The van der Waals surface area contributed by atoms with E-state index in [1.165, 1.54) is 18.2 Å². The highest BCUT2D eigenvalue weighted by Gasteiger charge is 2.40. The molecule has 1 aliphatic heterocycles. The molecule has 0 aromatic heterocycles. The first-order valence-electron chi connectivity index (χ1n) is 16.6. The molecule has 1 aliphatic rings. The minimum absolute atomic E-state index is 0.133. The van der Waals surface area contributed by atoms with Gasteiger partial charge in [0.15, 0.2) is 11.5 Å². The fourth-order valence-corrected chi connectivity index (χ4v) is 7.85. The van der Waals surface area contributed by atoms with Crippen molar-refractivity contribution in [3.05, 3.63) is 56.6 Å². The zero-order valence-electron chi connectivity index (χ0n) is 28.2. The van der Waals surface area contributed by atoms with Crippen LogP contribution in [0.1, 0.15) is 66.2 Å². The second-order valence-corrected chi connectivity index (χ2v) is 14.2. The van der Waals surface area contributed by atoms with Crippen molar-refractivity contribution in [2.45, 2.75) is 72.3 Å². The van der Waals surface area contributed by atoms with Gasteiger partial charge in [-0.3, -0.25) is 20.2 Å². The Hall–Kier alpha value is -3.14. The van der Waals surface area contributed by atoms with E-state index in [1.54, 1.807) is 18.2 Å². The fourth-order valence-electron chi connectivity index (χ4n) is 5.27. The third-order valence-electron chi connectivity index (χ3n) is 8.05. The Balaban J connectivity index is 1.43. The molecule has 0 aliphatic carbocycles. The second-order valence-electron chi connectivity index (χ2n) is 11.5. The van der Waals surface area contributed by atoms with Gasteiger partial charge in [0.25, 0.3) is 0 Å². The van der Waals surface area contributed by atoms with E-state index in [-0.39, 0.29) is 28.3 Å². The van der Waals surface area contributed by atoms with E-state index < -0.39 is 18.7 Å². The van der Waals surface area contributed by atoms with Gasteiger partial charge in [0, 0.05) is 51.2 Å². The number of hydrogen-bond donors (Lipinski definition) is 0. The van der Waals surface area contributed by atoms with Crippen LogP contribution in [0.25, 0.3) is 11.1 Å². The Kier molecular flexibility index (Phi) is 16.0. The second kappa shape index (κ2) is 19.6. The van der Waals surface area contributed by atoms with Crippen LogP contribution >= 0.6 is 0 Å². The summed E-state index contributed by atoms with van der Waals surface area (Å²) in [5, 5.41) is 23.7. The predicted octanol–water partition coefficient (Wildman–Crippen LogP) is 7.37. The van der Waals surface area contributed by atoms with Crippen molar-refractivity contribution in [2.75, 3.05) is 59.5 Å². The maximum Gasteiger partial charge on any atom is 0.501 e. The summed E-state index contributed by atoms with van der Waals surface area (Å²) in [5.74, 6) is 0.319. The molecule has 0 N–H and O–H groups in total. The third-order valence-corrected chi connectivity index (χ3v) is 11.2. The van der Waals surface area contributed by atoms with Gasteiger partial charge in [0.2, 0.25) is 0 Å². The number of benzene rings is 2. The van der Waals surface area contributed by atoms with E-state index in [4.69, 9.17) is 32.2 Å². The number of nitrogens with zero attached hydrogens (tertiary/aromatic N) is 2. The van der Waals surface area contributed by atoms with Crippen molar-refractivity contribution >= 4 is 20.2 Å². The number of nitro benzene ring substituents is 2. The molecule has 1 heterocycles. The predicted molar refractivity (Wildman–Crippen MR) is 179 cm³/mol. The molecular formula is C33H50N2O11Si. The van der Waals surface area contributed by atoms with Crippen LogP contribution in [-0.4, -0.2) is 78.1 Å². The molecule has 13 nitrogen and oxygen atoms in total. The number of unbranched alkanes of at least 4 members (excludes halogenated alkanes) is 3. The van der Waals surface area contributed by atoms with Gasteiger partial charge in [-0.2, -0.15) is 0 Å². The summed E-state index contributed by atoms with van der Waals surface area (Å²) >= 11 is 0. The van der Waals surface area contributed by atoms with Crippen molar-refractivity contribution in [3.8, 4) is 22.6 Å². The Morgan fingerprint density at radius 3 is 1.70 bits per heavy atom. The van der Waals surface area contributed by atoms with Gasteiger partial charge < -0.3 is 32.2 Å². The van der Waals surface area contributed by atoms with Crippen LogP contribution in [-0.2, 0) is 22.8 Å². The first-order valence-corrected chi connectivity index (χ1v) is 18.6. The van der Waals surface area contributed by atoms with Crippen molar-refractivity contribution in [2.24, 2.45) is 5.41 Å². The molecule has 0 unspecified atom stereocenters. The molecular weight excluding hydrogens is 628 g/mol. The summed E-state index contributed by atoms with van der Waals surface area (Å²) in [4.78, 5) is 22.7. The van der Waals surface area contributed by atoms with Crippen LogP contribution in [0.4, 0.5) is 11.4 Å². The Morgan fingerprint density at radius 1 is 0.723 bits per heavy atom. The van der Waals surface area contributed by atoms with E-state index in [2.05, 4.69) is 0 Å². The van der Waals surface area contributed by atoms with Gasteiger partial charge >= 0.3 is 20.2 Å². The van der Waals surface area contributed by atoms with E-state index >= 15 is 0 Å². The topological polar surface area (TPSA) is 151 Å². The highest BCUT2D eigenvalue weighted by molar-refractivity contribution is 6.60. The van der Waals surface area contributed by atoms with Gasteiger partial charge in [-0.05, 0) is 76.1 Å². The average molecular weight is 679 g/mol. The van der Waals surface area contributed by atoms with Crippen LogP contribution in [0.2, 0.25) is 6.04 Å². The SMILES string of the molecule is CCO[Si](CCCOCCCCCCOc1ccc(-c2ccc(OCC3(CC)COC3)c([N+](=O)[O-])c2)cc1[N+](=O)[O-])(OCC)OCC. The highest BCUT2D eigenvalue weighted by Crippen LogP contribution is 2.38. The number of ether oxygens (including phenoxy) is 4. The van der Waals surface area contributed by atoms with E-state index in [0.29, 0.717) is 70.6 Å². The summed E-state index contributed by atoms with van der Waals surface area (Å²) < 4.78 is 40.3. The molecule has 1 saturated heterocycles. The number of nitro groups is 2. The first-order chi connectivity index (χ1) is 22.7. The summed E-state index contributed by atoms with van der Waals surface area (Å²) in [6.45, 7) is 12.6. The fraction of sp³-hybridized carbons (Fsp3) is 0.636. The summed E-state index contributed by atoms with van der Waals surface area (Å²) in [6.07, 6.45) is 5.15. The smallest absolute Gasteiger partial charge is 0.487 e. The van der Waals surface area contributed by atoms with Gasteiger partial charge in [-0.15, -0.1) is 0 Å². The maximum atomic E-state index is 11.9. The molecule has 0 bridgehead atoms. The molecule has 0 spiro atoms. The molecule has 47 heavy (non-hydrogen) atoms. The molecule has 2 aromatic rings. The zero-order chi connectivity index (χ0) is 34.1. The summed E-state index contributed by atoms with van der Waals surface area (Å²) in [7, 11) is -2.63. The van der Waals surface area contributed by atoms with E-state index in [0.717, 1.165) is 44.6 Å². The zero-order valence-corrected chi connectivity index (χ0v) is 29.2. The lowest BCUT2D eigenvalue weighted by atomic mass is 9.84. The first kappa shape index (κ1) is 38.3. The molecule has 3 rings (SSSR count). The molecule has 0 amide bonds. The van der Waals surface area contributed by atoms with E-state index in [9.17, 15) is 20.2 Å².